The Hall–Kier alpha value is -6.39. The molecule has 16 nitrogen and oxygen atoms in total. The Labute approximate surface area is 346 Å². The topological polar surface area (TPSA) is 174 Å². The van der Waals surface area contributed by atoms with Gasteiger partial charge in [-0.2, -0.15) is 4.98 Å². The zero-order valence-corrected chi connectivity index (χ0v) is 33.5. The molecule has 60 heavy (non-hydrogen) atoms. The number of pyridine rings is 1. The van der Waals surface area contributed by atoms with Gasteiger partial charge in [0.05, 0.1) is 12.2 Å². The van der Waals surface area contributed by atoms with E-state index in [4.69, 9.17) is 9.97 Å². The number of nitrogens with one attached hydrogen (secondary N) is 2. The molecule has 1 aliphatic carbocycles. The van der Waals surface area contributed by atoms with Crippen LogP contribution in [0.15, 0.2) is 78.2 Å². The number of carbonyl (C=O) groups excluding carboxylic acids is 3. The third-order valence-electron chi connectivity index (χ3n) is 13.0. The predicted molar refractivity (Wildman–Crippen MR) is 226 cm³/mol. The Morgan fingerprint density at radius 1 is 0.933 bits per heavy atom. The van der Waals surface area contributed by atoms with Crippen molar-refractivity contribution in [3.8, 4) is 5.82 Å². The monoisotopic (exact) mass is 809 g/mol. The lowest BCUT2D eigenvalue weighted by Gasteiger charge is -2.49. The van der Waals surface area contributed by atoms with Crippen LogP contribution in [0.25, 0.3) is 16.9 Å². The normalized spacial score (nSPS) is 21.9. The van der Waals surface area contributed by atoms with E-state index < -0.39 is 17.6 Å². The fourth-order valence-corrected chi connectivity index (χ4v) is 9.50. The van der Waals surface area contributed by atoms with E-state index in [2.05, 4.69) is 55.1 Å². The number of aliphatic hydroxyl groups is 1. The maximum absolute atomic E-state index is 13.5. The number of allylic oxidation sites excluding steroid dienone is 1. The lowest BCUT2D eigenvalue weighted by atomic mass is 9.98. The molecule has 0 bridgehead atoms. The molecule has 3 saturated heterocycles. The number of amides is 3. The minimum absolute atomic E-state index is 0.150. The van der Waals surface area contributed by atoms with Crippen molar-refractivity contribution in [1.82, 2.24) is 39.4 Å². The van der Waals surface area contributed by atoms with Gasteiger partial charge in [0.15, 0.2) is 11.5 Å². The molecule has 2 atom stereocenters. The molecule has 0 saturated carbocycles. The molecule has 2 aromatic carbocycles. The number of aryl methyl sites for hydroxylation is 1. The molecular formula is C44H47N11O5. The van der Waals surface area contributed by atoms with Crippen LogP contribution in [0.1, 0.15) is 59.8 Å². The smallest absolute Gasteiger partial charge is 0.278 e. The van der Waals surface area contributed by atoms with Crippen LogP contribution in [0.3, 0.4) is 0 Å². The Morgan fingerprint density at radius 2 is 1.72 bits per heavy atom. The van der Waals surface area contributed by atoms with Gasteiger partial charge >= 0.3 is 0 Å². The second-order valence-electron chi connectivity index (χ2n) is 16.5. The highest BCUT2D eigenvalue weighted by Crippen LogP contribution is 2.39. The van der Waals surface area contributed by atoms with E-state index in [1.807, 2.05) is 43.3 Å². The van der Waals surface area contributed by atoms with Crippen molar-refractivity contribution in [2.24, 2.45) is 0 Å². The molecule has 308 valence electrons. The van der Waals surface area contributed by atoms with E-state index >= 15 is 0 Å². The van der Waals surface area contributed by atoms with Crippen molar-refractivity contribution >= 4 is 51.8 Å². The summed E-state index contributed by atoms with van der Waals surface area (Å²) in [7, 11) is 0. The average Bonchev–Trinajstić information content (AvgIpc) is 3.85. The number of fused-ring (bicyclic) bond motifs is 3. The van der Waals surface area contributed by atoms with Gasteiger partial charge in [0, 0.05) is 87.1 Å². The molecular weight excluding hydrogens is 763 g/mol. The number of rotatable bonds is 10. The first kappa shape index (κ1) is 37.9. The summed E-state index contributed by atoms with van der Waals surface area (Å²) in [5.41, 5.74) is 5.43. The molecule has 1 unspecified atom stereocenters. The number of hydrogen-bond donors (Lipinski definition) is 3. The Kier molecular flexibility index (Phi) is 9.28. The number of benzene rings is 2. The molecule has 3 fully saturated rings. The van der Waals surface area contributed by atoms with Crippen molar-refractivity contribution in [3.63, 3.8) is 0 Å². The molecule has 7 heterocycles. The fourth-order valence-electron chi connectivity index (χ4n) is 9.50. The summed E-state index contributed by atoms with van der Waals surface area (Å²) in [4.78, 5) is 73.8. The summed E-state index contributed by atoms with van der Waals surface area (Å²) in [6.07, 6.45) is 5.72. The largest absolute Gasteiger partial charge is 0.384 e. The number of nitrogens with zero attached hydrogens (tertiary/aromatic N) is 9. The number of carbonyl (C=O) groups is 3. The minimum atomic E-state index is -0.999. The molecule has 3 N–H and O–H groups in total. The quantitative estimate of drug-likeness (QED) is 0.139. The van der Waals surface area contributed by atoms with Gasteiger partial charge in [0.1, 0.15) is 17.0 Å². The first-order valence-corrected chi connectivity index (χ1v) is 20.8. The summed E-state index contributed by atoms with van der Waals surface area (Å²) >= 11 is 0. The van der Waals surface area contributed by atoms with Gasteiger partial charge in [-0.05, 0) is 85.3 Å². The van der Waals surface area contributed by atoms with Crippen LogP contribution in [-0.4, -0.2) is 108 Å². The van der Waals surface area contributed by atoms with E-state index in [1.54, 1.807) is 26.5 Å². The number of imide groups is 1. The number of hydrogen-bond acceptors (Lipinski definition) is 12. The summed E-state index contributed by atoms with van der Waals surface area (Å²) in [5, 5.41) is 17.3. The molecule has 3 aromatic heterocycles. The predicted octanol–water partition coefficient (Wildman–Crippen LogP) is 3.22. The standard InChI is InChI=1S/C44H47N11O5/c1-3-17-54-42(59)34-23-45-43(49-39(34)55(54)36-13-5-27-15-16-44(60,4-2)38(27)47-36)46-29-6-8-30(9-7-29)50-18-20-51(21-19-50)32-25-52(26-32)31-10-11-33-28(22-31)24-53(41(33)58)35-12-14-37(56)48-40(35)57/h3,5-11,13,22-23,32,35,60H,1,4,12,14-21,24-26H2,2H3,(H,45,46,49)(H,48,56,57)/t35?,44-/m1/s1. The highest BCUT2D eigenvalue weighted by Gasteiger charge is 2.41. The average molecular weight is 810 g/mol. The highest BCUT2D eigenvalue weighted by atomic mass is 16.3. The molecule has 5 aliphatic rings. The SMILES string of the molecule is C=CCn1c(=O)c2cnc(Nc3ccc(N4CCN(C5CN(c6ccc7c(c6)CN(C6CCC(=O)NC6=O)C7=O)C5)CC4)cc3)nc2n1-c1ccc2c(n1)[C@@](O)(CC)CC2. The first-order chi connectivity index (χ1) is 29.1. The van der Waals surface area contributed by atoms with Crippen LogP contribution in [0.4, 0.5) is 23.0 Å². The van der Waals surface area contributed by atoms with Crippen LogP contribution >= 0.6 is 0 Å². The van der Waals surface area contributed by atoms with Crippen molar-refractivity contribution in [3.05, 3.63) is 106 Å². The lowest BCUT2D eigenvalue weighted by Crippen LogP contribution is -2.63. The summed E-state index contributed by atoms with van der Waals surface area (Å²) in [6.45, 7) is 12.0. The Bertz CT molecular complexity index is 2630. The molecule has 3 amide bonds. The van der Waals surface area contributed by atoms with E-state index in [-0.39, 0.29) is 30.3 Å². The number of piperidine rings is 1. The minimum Gasteiger partial charge on any atom is -0.384 e. The van der Waals surface area contributed by atoms with E-state index in [1.165, 1.54) is 0 Å². The van der Waals surface area contributed by atoms with Gasteiger partial charge in [0.2, 0.25) is 17.8 Å². The summed E-state index contributed by atoms with van der Waals surface area (Å²) < 4.78 is 3.24. The van der Waals surface area contributed by atoms with Crippen LogP contribution in [0, 0.1) is 0 Å². The highest BCUT2D eigenvalue weighted by molar-refractivity contribution is 6.05. The van der Waals surface area contributed by atoms with Crippen LogP contribution in [-0.2, 0) is 34.7 Å². The number of aromatic nitrogens is 5. The van der Waals surface area contributed by atoms with E-state index in [9.17, 15) is 24.3 Å². The zero-order chi connectivity index (χ0) is 41.3. The van der Waals surface area contributed by atoms with E-state index in [0.717, 1.165) is 73.9 Å². The van der Waals surface area contributed by atoms with Crippen molar-refractivity contribution in [2.75, 3.05) is 54.4 Å². The third-order valence-corrected chi connectivity index (χ3v) is 13.0. The van der Waals surface area contributed by atoms with Crippen LogP contribution < -0.4 is 26.0 Å². The van der Waals surface area contributed by atoms with Crippen molar-refractivity contribution in [1.29, 1.82) is 0 Å². The molecule has 5 aromatic rings. The number of piperazine rings is 1. The van der Waals surface area contributed by atoms with Crippen molar-refractivity contribution < 1.29 is 19.5 Å². The maximum Gasteiger partial charge on any atom is 0.278 e. The molecule has 0 radical (unpaired) electrons. The Balaban J connectivity index is 0.764. The lowest BCUT2D eigenvalue weighted by molar-refractivity contribution is -0.136. The molecule has 10 rings (SSSR count). The van der Waals surface area contributed by atoms with Gasteiger partial charge in [-0.1, -0.05) is 19.1 Å². The molecule has 4 aliphatic heterocycles. The van der Waals surface area contributed by atoms with Gasteiger partial charge in [-0.15, -0.1) is 6.58 Å². The van der Waals surface area contributed by atoms with Gasteiger partial charge in [-0.25, -0.2) is 19.3 Å². The molecule has 16 heteroatoms. The second-order valence-corrected chi connectivity index (χ2v) is 16.5. The second kappa shape index (κ2) is 14.7. The number of anilines is 4. The van der Waals surface area contributed by atoms with Gasteiger partial charge in [0.25, 0.3) is 11.5 Å². The maximum atomic E-state index is 13.5. The van der Waals surface area contributed by atoms with E-state index in [0.29, 0.717) is 65.9 Å². The van der Waals surface area contributed by atoms with Crippen LogP contribution in [0.5, 0.6) is 0 Å². The van der Waals surface area contributed by atoms with Crippen molar-refractivity contribution in [2.45, 2.75) is 69.8 Å². The van der Waals surface area contributed by atoms with Gasteiger partial charge < -0.3 is 25.1 Å². The molecule has 0 spiro atoms. The zero-order valence-electron chi connectivity index (χ0n) is 33.5. The van der Waals surface area contributed by atoms with Crippen LogP contribution in [0.2, 0.25) is 0 Å². The summed E-state index contributed by atoms with van der Waals surface area (Å²) in [6, 6.07) is 17.9. The third kappa shape index (κ3) is 6.41. The van der Waals surface area contributed by atoms with Gasteiger partial charge in [-0.3, -0.25) is 29.4 Å². The Morgan fingerprint density at radius 3 is 2.47 bits per heavy atom. The first-order valence-electron chi connectivity index (χ1n) is 20.8. The fraction of sp³-hybridized carbons (Fsp3) is 0.386. The summed E-state index contributed by atoms with van der Waals surface area (Å²) in [5.74, 6) is 0.0151.